The first-order valence-corrected chi connectivity index (χ1v) is 9.35. The number of carbonyl (C=O) groups is 1. The van der Waals surface area contributed by atoms with E-state index in [1.807, 2.05) is 31.2 Å². The Morgan fingerprint density at radius 3 is 2.86 bits per heavy atom. The van der Waals surface area contributed by atoms with Crippen LogP contribution in [0.15, 0.2) is 47.3 Å². The number of aromatic nitrogens is 3. The van der Waals surface area contributed by atoms with E-state index >= 15 is 0 Å². The number of ether oxygens (including phenoxy) is 1. The minimum Gasteiger partial charge on any atom is -0.442 e. The third kappa shape index (κ3) is 4.05. The number of hydrogen-bond donors (Lipinski definition) is 0. The van der Waals surface area contributed by atoms with Crippen molar-refractivity contribution in [2.45, 2.75) is 19.4 Å². The van der Waals surface area contributed by atoms with E-state index in [0.717, 1.165) is 11.3 Å². The van der Waals surface area contributed by atoms with Crippen LogP contribution < -0.4 is 0 Å². The van der Waals surface area contributed by atoms with Gasteiger partial charge in [-0.1, -0.05) is 29.8 Å². The molecule has 3 heterocycles. The van der Waals surface area contributed by atoms with Gasteiger partial charge in [-0.05, 0) is 18.6 Å². The third-order valence-corrected chi connectivity index (χ3v) is 4.89. The maximum absolute atomic E-state index is 12.7. The number of oxazole rings is 1. The number of amides is 1. The predicted molar refractivity (Wildman–Crippen MR) is 102 cm³/mol. The lowest BCUT2D eigenvalue weighted by atomic mass is 10.1. The molecule has 1 saturated heterocycles. The molecule has 1 amide bonds. The van der Waals surface area contributed by atoms with Crippen LogP contribution in [0.2, 0.25) is 5.02 Å². The summed E-state index contributed by atoms with van der Waals surface area (Å²) in [6.07, 6.45) is 4.88. The largest absolute Gasteiger partial charge is 0.442 e. The molecule has 4 rings (SSSR count). The number of morpholine rings is 1. The first-order chi connectivity index (χ1) is 13.6. The number of rotatable bonds is 4. The summed E-state index contributed by atoms with van der Waals surface area (Å²) in [4.78, 5) is 27.0. The maximum atomic E-state index is 12.7. The quantitative estimate of drug-likeness (QED) is 0.671. The van der Waals surface area contributed by atoms with Gasteiger partial charge in [0.2, 0.25) is 5.89 Å². The molecule has 1 unspecified atom stereocenters. The van der Waals surface area contributed by atoms with Crippen molar-refractivity contribution in [3.05, 3.63) is 76.5 Å². The zero-order valence-corrected chi connectivity index (χ0v) is 16.1. The van der Waals surface area contributed by atoms with Crippen LogP contribution in [-0.4, -0.2) is 45.5 Å². The first kappa shape index (κ1) is 18.6. The molecule has 0 saturated carbocycles. The summed E-state index contributed by atoms with van der Waals surface area (Å²) in [5.41, 5.74) is 2.05. The van der Waals surface area contributed by atoms with Crippen LogP contribution in [0.4, 0.5) is 0 Å². The van der Waals surface area contributed by atoms with E-state index in [4.69, 9.17) is 20.8 Å². The molecule has 28 heavy (non-hydrogen) atoms. The van der Waals surface area contributed by atoms with Crippen molar-refractivity contribution < 1.29 is 13.9 Å². The molecule has 8 heteroatoms. The van der Waals surface area contributed by atoms with Crippen molar-refractivity contribution in [1.82, 2.24) is 19.9 Å². The van der Waals surface area contributed by atoms with Crippen LogP contribution in [0.25, 0.3) is 0 Å². The molecule has 0 radical (unpaired) electrons. The zero-order chi connectivity index (χ0) is 19.5. The highest BCUT2D eigenvalue weighted by molar-refractivity contribution is 6.31. The van der Waals surface area contributed by atoms with Crippen molar-refractivity contribution in [3.63, 3.8) is 0 Å². The average Bonchev–Trinajstić information content (AvgIpc) is 3.19. The minimum absolute atomic E-state index is 0.177. The molecule has 3 aromatic rings. The summed E-state index contributed by atoms with van der Waals surface area (Å²) in [5.74, 6) is 0.970. The molecule has 0 bridgehead atoms. The summed E-state index contributed by atoms with van der Waals surface area (Å²) < 4.78 is 11.6. The molecule has 1 aliphatic heterocycles. The van der Waals surface area contributed by atoms with Crippen LogP contribution in [0.1, 0.15) is 39.5 Å². The maximum Gasteiger partial charge on any atom is 0.274 e. The second-order valence-corrected chi connectivity index (χ2v) is 6.99. The monoisotopic (exact) mass is 398 g/mol. The molecule has 7 nitrogen and oxygen atoms in total. The van der Waals surface area contributed by atoms with Crippen LogP contribution in [-0.2, 0) is 11.2 Å². The Hall–Kier alpha value is -2.77. The van der Waals surface area contributed by atoms with Gasteiger partial charge >= 0.3 is 0 Å². The average molecular weight is 399 g/mol. The lowest BCUT2D eigenvalue weighted by molar-refractivity contribution is -0.0351. The van der Waals surface area contributed by atoms with Crippen LogP contribution >= 0.6 is 11.6 Å². The van der Waals surface area contributed by atoms with Gasteiger partial charge in [-0.15, -0.1) is 0 Å². The fourth-order valence-corrected chi connectivity index (χ4v) is 3.23. The smallest absolute Gasteiger partial charge is 0.274 e. The van der Waals surface area contributed by atoms with Crippen molar-refractivity contribution in [2.75, 3.05) is 19.7 Å². The summed E-state index contributed by atoms with van der Waals surface area (Å²) in [7, 11) is 0. The standard InChI is InChI=1S/C20H19ClN4O3/c1-13-9-23-17(11-22-13)20(26)25-6-7-27-18(12-25)19-24-10-15(28-19)8-14-4-2-3-5-16(14)21/h2-5,9-11,18H,6-8,12H2,1H3. The number of nitrogens with zero attached hydrogens (tertiary/aromatic N) is 4. The van der Waals surface area contributed by atoms with Gasteiger partial charge in [0.15, 0.2) is 6.10 Å². The van der Waals surface area contributed by atoms with Crippen LogP contribution in [0.5, 0.6) is 0 Å². The second-order valence-electron chi connectivity index (χ2n) is 6.59. The van der Waals surface area contributed by atoms with E-state index in [0.29, 0.717) is 48.5 Å². The molecular weight excluding hydrogens is 380 g/mol. The molecule has 0 aliphatic carbocycles. The van der Waals surface area contributed by atoms with E-state index < -0.39 is 6.10 Å². The topological polar surface area (TPSA) is 81.4 Å². The van der Waals surface area contributed by atoms with Gasteiger partial charge in [0, 0.05) is 24.2 Å². The van der Waals surface area contributed by atoms with Crippen LogP contribution in [0, 0.1) is 6.92 Å². The van der Waals surface area contributed by atoms with Crippen molar-refractivity contribution in [2.24, 2.45) is 0 Å². The molecule has 1 aromatic carbocycles. The summed E-state index contributed by atoms with van der Waals surface area (Å²) in [6.45, 7) is 3.06. The Morgan fingerprint density at radius 2 is 2.07 bits per heavy atom. The van der Waals surface area contributed by atoms with E-state index in [9.17, 15) is 4.79 Å². The van der Waals surface area contributed by atoms with Crippen LogP contribution in [0.3, 0.4) is 0 Å². The minimum atomic E-state index is -0.420. The predicted octanol–water partition coefficient (Wildman–Crippen LogP) is 3.23. The SMILES string of the molecule is Cc1cnc(C(=O)N2CCOC(c3ncc(Cc4ccccc4Cl)o3)C2)cn1. The van der Waals surface area contributed by atoms with Crippen molar-refractivity contribution >= 4 is 17.5 Å². The summed E-state index contributed by atoms with van der Waals surface area (Å²) in [6, 6.07) is 7.61. The number of hydrogen-bond acceptors (Lipinski definition) is 6. The molecule has 1 atom stereocenters. The lowest BCUT2D eigenvalue weighted by Gasteiger charge is -2.31. The van der Waals surface area contributed by atoms with Gasteiger partial charge in [0.1, 0.15) is 11.5 Å². The fourth-order valence-electron chi connectivity index (χ4n) is 3.03. The first-order valence-electron chi connectivity index (χ1n) is 8.97. The normalized spacial score (nSPS) is 16.9. The van der Waals surface area contributed by atoms with Gasteiger partial charge in [0.25, 0.3) is 5.91 Å². The lowest BCUT2D eigenvalue weighted by Crippen LogP contribution is -2.42. The van der Waals surface area contributed by atoms with Crippen molar-refractivity contribution in [1.29, 1.82) is 0 Å². The van der Waals surface area contributed by atoms with E-state index in [-0.39, 0.29) is 5.91 Å². The third-order valence-electron chi connectivity index (χ3n) is 4.52. The van der Waals surface area contributed by atoms with Gasteiger partial charge in [-0.2, -0.15) is 0 Å². The molecule has 0 N–H and O–H groups in total. The van der Waals surface area contributed by atoms with Gasteiger partial charge in [0.05, 0.1) is 31.2 Å². The summed E-state index contributed by atoms with van der Waals surface area (Å²) >= 11 is 6.21. The Morgan fingerprint density at radius 1 is 1.21 bits per heavy atom. The molecule has 2 aromatic heterocycles. The highest BCUT2D eigenvalue weighted by atomic mass is 35.5. The summed E-state index contributed by atoms with van der Waals surface area (Å²) in [5, 5.41) is 0.686. The number of benzene rings is 1. The molecule has 1 fully saturated rings. The Kier molecular flexibility index (Phi) is 5.36. The molecule has 144 valence electrons. The van der Waals surface area contributed by atoms with Crippen molar-refractivity contribution in [3.8, 4) is 0 Å². The van der Waals surface area contributed by atoms with Gasteiger partial charge in [-0.3, -0.25) is 9.78 Å². The number of carbonyl (C=O) groups excluding carboxylic acids is 1. The zero-order valence-electron chi connectivity index (χ0n) is 15.3. The van der Waals surface area contributed by atoms with E-state index in [2.05, 4.69) is 15.0 Å². The molecule has 1 aliphatic rings. The molecular formula is C20H19ClN4O3. The second kappa shape index (κ2) is 8.08. The number of halogens is 1. The van der Waals surface area contributed by atoms with E-state index in [1.165, 1.54) is 6.20 Å². The molecule has 0 spiro atoms. The Labute approximate surface area is 167 Å². The van der Waals surface area contributed by atoms with Gasteiger partial charge < -0.3 is 14.1 Å². The van der Waals surface area contributed by atoms with Gasteiger partial charge in [-0.25, -0.2) is 9.97 Å². The van der Waals surface area contributed by atoms with E-state index in [1.54, 1.807) is 17.3 Å². The highest BCUT2D eigenvalue weighted by Crippen LogP contribution is 2.25. The fraction of sp³-hybridized carbons (Fsp3) is 0.300. The Balaban J connectivity index is 1.45. The number of aryl methyl sites for hydroxylation is 1. The Bertz CT molecular complexity index is 974. The highest BCUT2D eigenvalue weighted by Gasteiger charge is 2.29.